The Morgan fingerprint density at radius 3 is 2.60 bits per heavy atom. The number of carbonyl (C=O) groups excluding carboxylic acids is 1. The van der Waals surface area contributed by atoms with Crippen molar-refractivity contribution >= 4 is 28.9 Å². The van der Waals surface area contributed by atoms with Gasteiger partial charge in [0.25, 0.3) is 5.91 Å². The quantitative estimate of drug-likeness (QED) is 0.834. The first-order chi connectivity index (χ1) is 9.61. The number of carbonyl (C=O) groups is 1. The number of halogens is 1. The van der Waals surface area contributed by atoms with Crippen LogP contribution in [0.25, 0.3) is 17.4 Å². The highest BCUT2D eigenvalue weighted by Gasteiger charge is 2.22. The molecule has 1 fully saturated rings. The molecule has 0 atom stereocenters. The summed E-state index contributed by atoms with van der Waals surface area (Å²) in [4.78, 5) is 11.9. The molecule has 1 amide bonds. The Kier molecular flexibility index (Phi) is 3.15. The second-order valence-corrected chi connectivity index (χ2v) is 5.16. The monoisotopic (exact) mass is 288 g/mol. The molecule has 0 unspecified atom stereocenters. The first kappa shape index (κ1) is 12.7. The van der Waals surface area contributed by atoms with Gasteiger partial charge < -0.3 is 9.73 Å². The predicted octanol–water partition coefficient (Wildman–Crippen LogP) is 3.22. The Hall–Kier alpha value is -2.34. The van der Waals surface area contributed by atoms with E-state index in [-0.39, 0.29) is 16.9 Å². The van der Waals surface area contributed by atoms with E-state index < -0.39 is 0 Å². The van der Waals surface area contributed by atoms with Crippen molar-refractivity contribution in [2.45, 2.75) is 0 Å². The van der Waals surface area contributed by atoms with Crippen molar-refractivity contribution in [3.05, 3.63) is 52.9 Å². The van der Waals surface area contributed by atoms with Crippen LogP contribution in [0.1, 0.15) is 5.76 Å². The van der Waals surface area contributed by atoms with Gasteiger partial charge in [0.2, 0.25) is 0 Å². The summed E-state index contributed by atoms with van der Waals surface area (Å²) in [7, 11) is 0. The maximum Gasteiger partial charge on any atom is 0.264 e. The fourth-order valence-corrected chi connectivity index (χ4v) is 2.45. The van der Waals surface area contributed by atoms with Gasteiger partial charge in [0.1, 0.15) is 17.3 Å². The molecular weight excluding hydrogens is 279 g/mol. The Labute approximate surface area is 118 Å². The van der Waals surface area contributed by atoms with Gasteiger partial charge in [0.15, 0.2) is 5.17 Å². The molecule has 1 aromatic heterocycles. The lowest BCUT2D eigenvalue weighted by Crippen LogP contribution is -2.18. The fourth-order valence-electron chi connectivity index (χ4n) is 1.77. The minimum Gasteiger partial charge on any atom is -0.457 e. The molecule has 2 N–H and O–H groups in total. The summed E-state index contributed by atoms with van der Waals surface area (Å²) >= 11 is 1.05. The number of nitrogens with one attached hydrogen (secondary N) is 2. The normalized spacial score (nSPS) is 16.8. The average molecular weight is 288 g/mol. The molecule has 0 spiro atoms. The molecule has 1 saturated heterocycles. The second-order valence-electron chi connectivity index (χ2n) is 4.10. The van der Waals surface area contributed by atoms with Crippen molar-refractivity contribution in [1.82, 2.24) is 5.32 Å². The first-order valence-electron chi connectivity index (χ1n) is 5.77. The van der Waals surface area contributed by atoms with Gasteiger partial charge in [-0.3, -0.25) is 10.2 Å². The van der Waals surface area contributed by atoms with Crippen LogP contribution in [0.2, 0.25) is 0 Å². The highest BCUT2D eigenvalue weighted by Crippen LogP contribution is 2.28. The van der Waals surface area contributed by atoms with Crippen LogP contribution in [-0.2, 0) is 4.79 Å². The third-order valence-corrected chi connectivity index (χ3v) is 3.52. The summed E-state index contributed by atoms with van der Waals surface area (Å²) in [5, 5.41) is 9.85. The molecule has 3 rings (SSSR count). The van der Waals surface area contributed by atoms with Crippen molar-refractivity contribution in [2.75, 3.05) is 0 Å². The molecule has 2 aromatic rings. The average Bonchev–Trinajstić information content (AvgIpc) is 2.98. The highest BCUT2D eigenvalue weighted by molar-refractivity contribution is 8.18. The molecule has 1 aliphatic rings. The maximum absolute atomic E-state index is 12.9. The number of hydrogen-bond donors (Lipinski definition) is 2. The SMILES string of the molecule is N=C1NC(=O)C(=Cc2ccc(-c3ccc(F)cc3)o2)S1. The number of rotatable bonds is 2. The van der Waals surface area contributed by atoms with Crippen LogP contribution in [0.5, 0.6) is 0 Å². The molecule has 0 saturated carbocycles. The van der Waals surface area contributed by atoms with Crippen molar-refractivity contribution in [3.63, 3.8) is 0 Å². The fraction of sp³-hybridized carbons (Fsp3) is 0. The molecule has 6 heteroatoms. The van der Waals surface area contributed by atoms with Crippen LogP contribution in [-0.4, -0.2) is 11.1 Å². The predicted molar refractivity (Wildman–Crippen MR) is 75.5 cm³/mol. The zero-order valence-electron chi connectivity index (χ0n) is 10.1. The van der Waals surface area contributed by atoms with E-state index in [9.17, 15) is 9.18 Å². The smallest absolute Gasteiger partial charge is 0.264 e. The topological polar surface area (TPSA) is 66.1 Å². The van der Waals surface area contributed by atoms with Gasteiger partial charge in [-0.25, -0.2) is 4.39 Å². The third-order valence-electron chi connectivity index (χ3n) is 2.69. The molecule has 100 valence electrons. The number of amides is 1. The van der Waals surface area contributed by atoms with Crippen molar-refractivity contribution < 1.29 is 13.6 Å². The Morgan fingerprint density at radius 1 is 1.20 bits per heavy atom. The number of benzene rings is 1. The summed E-state index contributed by atoms with van der Waals surface area (Å²) in [5.74, 6) is 0.493. The Morgan fingerprint density at radius 2 is 1.95 bits per heavy atom. The molecule has 1 aliphatic heterocycles. The van der Waals surface area contributed by atoms with Gasteiger partial charge in [-0.15, -0.1) is 0 Å². The van der Waals surface area contributed by atoms with E-state index in [0.29, 0.717) is 16.4 Å². The maximum atomic E-state index is 12.9. The van der Waals surface area contributed by atoms with Crippen LogP contribution >= 0.6 is 11.8 Å². The van der Waals surface area contributed by atoms with E-state index in [2.05, 4.69) is 5.32 Å². The van der Waals surface area contributed by atoms with Crippen LogP contribution in [0.3, 0.4) is 0 Å². The van der Waals surface area contributed by atoms with Gasteiger partial charge in [-0.1, -0.05) is 0 Å². The minimum atomic E-state index is -0.306. The molecule has 0 bridgehead atoms. The van der Waals surface area contributed by atoms with Gasteiger partial charge in [-0.2, -0.15) is 0 Å². The van der Waals surface area contributed by atoms with Gasteiger partial charge in [-0.05, 0) is 48.2 Å². The molecule has 0 aliphatic carbocycles. The van der Waals surface area contributed by atoms with Gasteiger partial charge in [0.05, 0.1) is 4.91 Å². The van der Waals surface area contributed by atoms with Gasteiger partial charge in [0, 0.05) is 11.6 Å². The van der Waals surface area contributed by atoms with E-state index in [4.69, 9.17) is 9.83 Å². The van der Waals surface area contributed by atoms with Crippen LogP contribution in [0.4, 0.5) is 4.39 Å². The van der Waals surface area contributed by atoms with Gasteiger partial charge >= 0.3 is 0 Å². The molecule has 2 heterocycles. The number of thioether (sulfide) groups is 1. The zero-order chi connectivity index (χ0) is 14.1. The lowest BCUT2D eigenvalue weighted by atomic mass is 10.2. The Bertz CT molecular complexity index is 719. The van der Waals surface area contributed by atoms with Crippen molar-refractivity contribution in [1.29, 1.82) is 5.41 Å². The third kappa shape index (κ3) is 2.50. The van der Waals surface area contributed by atoms with Crippen LogP contribution < -0.4 is 5.32 Å². The van der Waals surface area contributed by atoms with E-state index in [0.717, 1.165) is 17.3 Å². The van der Waals surface area contributed by atoms with Crippen LogP contribution in [0.15, 0.2) is 45.7 Å². The van der Waals surface area contributed by atoms with E-state index >= 15 is 0 Å². The largest absolute Gasteiger partial charge is 0.457 e. The molecular formula is C14H9FN2O2S. The summed E-state index contributed by atoms with van der Waals surface area (Å²) in [6.07, 6.45) is 1.58. The van der Waals surface area contributed by atoms with Crippen molar-refractivity contribution in [2.24, 2.45) is 0 Å². The zero-order valence-corrected chi connectivity index (χ0v) is 11.0. The van der Waals surface area contributed by atoms with Crippen LogP contribution in [0, 0.1) is 11.2 Å². The molecule has 4 nitrogen and oxygen atoms in total. The summed E-state index contributed by atoms with van der Waals surface area (Å²) in [6, 6.07) is 9.44. The van der Waals surface area contributed by atoms with E-state index in [1.165, 1.54) is 12.1 Å². The lowest BCUT2D eigenvalue weighted by Gasteiger charge is -1.96. The second kappa shape index (κ2) is 4.97. The standard InChI is InChI=1S/C14H9FN2O2S/c15-9-3-1-8(2-4-9)11-6-5-10(19-11)7-12-13(18)17-14(16)20-12/h1-7H,(H2,16,17,18). The summed E-state index contributed by atoms with van der Waals surface area (Å²) in [5.41, 5.74) is 0.757. The summed E-state index contributed by atoms with van der Waals surface area (Å²) in [6.45, 7) is 0. The van der Waals surface area contributed by atoms with E-state index in [1.807, 2.05) is 0 Å². The molecule has 1 aromatic carbocycles. The minimum absolute atomic E-state index is 0.103. The lowest BCUT2D eigenvalue weighted by molar-refractivity contribution is -0.115. The Balaban J connectivity index is 1.87. The number of hydrogen-bond acceptors (Lipinski definition) is 4. The number of amidine groups is 1. The summed E-state index contributed by atoms with van der Waals surface area (Å²) < 4.78 is 18.4. The number of furan rings is 1. The van der Waals surface area contributed by atoms with E-state index in [1.54, 1.807) is 30.3 Å². The van der Waals surface area contributed by atoms with Crippen molar-refractivity contribution in [3.8, 4) is 11.3 Å². The molecule has 0 radical (unpaired) electrons. The first-order valence-corrected chi connectivity index (χ1v) is 6.59. The molecule has 20 heavy (non-hydrogen) atoms. The highest BCUT2D eigenvalue weighted by atomic mass is 32.2.